The van der Waals surface area contributed by atoms with E-state index in [0.29, 0.717) is 24.1 Å². The van der Waals surface area contributed by atoms with Crippen molar-refractivity contribution in [1.82, 2.24) is 9.78 Å². The van der Waals surface area contributed by atoms with Crippen molar-refractivity contribution in [2.45, 2.75) is 39.3 Å². The van der Waals surface area contributed by atoms with Crippen LogP contribution in [0.4, 0.5) is 0 Å². The molecule has 2 aromatic heterocycles. The fourth-order valence-electron chi connectivity index (χ4n) is 1.79. The van der Waals surface area contributed by atoms with Gasteiger partial charge in [-0.2, -0.15) is 5.10 Å². The topological polar surface area (TPSA) is 74.0 Å². The van der Waals surface area contributed by atoms with Crippen LogP contribution in [0.15, 0.2) is 28.8 Å². The van der Waals surface area contributed by atoms with Crippen LogP contribution in [-0.4, -0.2) is 15.6 Å². The molecule has 5 heteroatoms. The molecule has 1 atom stereocenters. The molecule has 0 amide bonds. The van der Waals surface area contributed by atoms with Crippen LogP contribution in [0, 0.1) is 0 Å². The van der Waals surface area contributed by atoms with Gasteiger partial charge in [0.1, 0.15) is 5.76 Å². The standard InChI is InChI=1S/C14H19N3O2/c1-3-10(2)17-7-6-11(16-17)8-13(18)14-5-4-12(9-15)19-14/h4-7,10H,3,8-9,15H2,1-2H3. The molecule has 19 heavy (non-hydrogen) atoms. The first-order valence-electron chi connectivity index (χ1n) is 6.50. The molecule has 2 aromatic rings. The van der Waals surface area contributed by atoms with Crippen molar-refractivity contribution in [2.24, 2.45) is 5.73 Å². The van der Waals surface area contributed by atoms with Crippen molar-refractivity contribution in [2.75, 3.05) is 0 Å². The molecule has 0 aliphatic rings. The number of rotatable bonds is 6. The molecular formula is C14H19N3O2. The lowest BCUT2D eigenvalue weighted by Gasteiger charge is -2.07. The number of Topliss-reactive ketones (excluding diaryl/α,β-unsaturated/α-hetero) is 1. The highest BCUT2D eigenvalue weighted by Gasteiger charge is 2.14. The van der Waals surface area contributed by atoms with Crippen LogP contribution in [0.1, 0.15) is 48.3 Å². The van der Waals surface area contributed by atoms with E-state index in [2.05, 4.69) is 18.9 Å². The molecule has 0 bridgehead atoms. The molecule has 0 radical (unpaired) electrons. The monoisotopic (exact) mass is 261 g/mol. The second kappa shape index (κ2) is 5.84. The minimum absolute atomic E-state index is 0.0749. The maximum atomic E-state index is 12.0. The van der Waals surface area contributed by atoms with E-state index in [4.69, 9.17) is 10.2 Å². The van der Waals surface area contributed by atoms with E-state index in [0.717, 1.165) is 12.1 Å². The molecule has 2 rings (SSSR count). The van der Waals surface area contributed by atoms with Crippen LogP contribution in [0.25, 0.3) is 0 Å². The maximum absolute atomic E-state index is 12.0. The SMILES string of the molecule is CCC(C)n1ccc(CC(=O)c2ccc(CN)o2)n1. The summed E-state index contributed by atoms with van der Waals surface area (Å²) in [5.74, 6) is 0.890. The van der Waals surface area contributed by atoms with Crippen LogP contribution in [0.5, 0.6) is 0 Å². The fourth-order valence-corrected chi connectivity index (χ4v) is 1.79. The minimum Gasteiger partial charge on any atom is -0.457 e. The Hall–Kier alpha value is -1.88. The minimum atomic E-state index is -0.0749. The Morgan fingerprint density at radius 2 is 2.26 bits per heavy atom. The third kappa shape index (κ3) is 3.12. The lowest BCUT2D eigenvalue weighted by Crippen LogP contribution is -2.07. The van der Waals surface area contributed by atoms with E-state index in [1.165, 1.54) is 0 Å². The number of hydrogen-bond acceptors (Lipinski definition) is 4. The summed E-state index contributed by atoms with van der Waals surface area (Å²) in [6, 6.07) is 5.61. The lowest BCUT2D eigenvalue weighted by molar-refractivity contribution is 0.0963. The predicted octanol–water partition coefficient (Wildman–Crippen LogP) is 2.33. The van der Waals surface area contributed by atoms with Gasteiger partial charge in [-0.05, 0) is 31.5 Å². The van der Waals surface area contributed by atoms with Gasteiger partial charge in [-0.3, -0.25) is 9.48 Å². The number of carbonyl (C=O) groups is 1. The van der Waals surface area contributed by atoms with Crippen LogP contribution < -0.4 is 5.73 Å². The van der Waals surface area contributed by atoms with Crippen LogP contribution in [0.3, 0.4) is 0 Å². The summed E-state index contributed by atoms with van der Waals surface area (Å²) in [7, 11) is 0. The van der Waals surface area contributed by atoms with Crippen LogP contribution in [-0.2, 0) is 13.0 Å². The summed E-state index contributed by atoms with van der Waals surface area (Å²) in [4.78, 5) is 12.0. The van der Waals surface area contributed by atoms with E-state index in [9.17, 15) is 4.79 Å². The van der Waals surface area contributed by atoms with Gasteiger partial charge < -0.3 is 10.2 Å². The van der Waals surface area contributed by atoms with Crippen molar-refractivity contribution in [3.8, 4) is 0 Å². The van der Waals surface area contributed by atoms with Gasteiger partial charge in [0.25, 0.3) is 0 Å². The van der Waals surface area contributed by atoms with E-state index in [1.807, 2.05) is 16.9 Å². The molecule has 0 aliphatic heterocycles. The van der Waals surface area contributed by atoms with Gasteiger partial charge in [-0.25, -0.2) is 0 Å². The predicted molar refractivity (Wildman–Crippen MR) is 71.9 cm³/mol. The lowest BCUT2D eigenvalue weighted by atomic mass is 10.2. The normalized spacial score (nSPS) is 12.6. The average Bonchev–Trinajstić information content (AvgIpc) is 3.06. The zero-order chi connectivity index (χ0) is 13.8. The number of nitrogens with zero attached hydrogens (tertiary/aromatic N) is 2. The quantitative estimate of drug-likeness (QED) is 0.810. The molecule has 2 N–H and O–H groups in total. The Morgan fingerprint density at radius 3 is 2.89 bits per heavy atom. The Kier molecular flexibility index (Phi) is 4.16. The number of aromatic nitrogens is 2. The second-order valence-electron chi connectivity index (χ2n) is 4.61. The molecule has 102 valence electrons. The number of hydrogen-bond donors (Lipinski definition) is 1. The Morgan fingerprint density at radius 1 is 1.47 bits per heavy atom. The van der Waals surface area contributed by atoms with Gasteiger partial charge in [0, 0.05) is 12.2 Å². The highest BCUT2D eigenvalue weighted by molar-refractivity contribution is 5.94. The van der Waals surface area contributed by atoms with Gasteiger partial charge in [0.05, 0.1) is 18.7 Å². The summed E-state index contributed by atoms with van der Waals surface area (Å²) >= 11 is 0. The van der Waals surface area contributed by atoms with Gasteiger partial charge in [0.2, 0.25) is 5.78 Å². The highest BCUT2D eigenvalue weighted by atomic mass is 16.3. The Bertz CT molecular complexity index is 557. The van der Waals surface area contributed by atoms with Crippen molar-refractivity contribution in [3.63, 3.8) is 0 Å². The Labute approximate surface area is 112 Å². The number of nitrogens with two attached hydrogens (primary N) is 1. The molecule has 0 saturated carbocycles. The van der Waals surface area contributed by atoms with E-state index in [1.54, 1.807) is 12.1 Å². The molecule has 0 fully saturated rings. The summed E-state index contributed by atoms with van der Waals surface area (Å²) in [6.45, 7) is 4.50. The van der Waals surface area contributed by atoms with E-state index < -0.39 is 0 Å². The van der Waals surface area contributed by atoms with Gasteiger partial charge in [0.15, 0.2) is 5.76 Å². The largest absolute Gasteiger partial charge is 0.457 e. The molecular weight excluding hydrogens is 242 g/mol. The zero-order valence-corrected chi connectivity index (χ0v) is 11.3. The van der Waals surface area contributed by atoms with E-state index >= 15 is 0 Å². The molecule has 0 aliphatic carbocycles. The van der Waals surface area contributed by atoms with Crippen molar-refractivity contribution < 1.29 is 9.21 Å². The first-order valence-corrected chi connectivity index (χ1v) is 6.50. The average molecular weight is 261 g/mol. The third-order valence-corrected chi connectivity index (χ3v) is 3.19. The fraction of sp³-hybridized carbons (Fsp3) is 0.429. The summed E-state index contributed by atoms with van der Waals surface area (Å²) in [6.07, 6.45) is 3.16. The maximum Gasteiger partial charge on any atom is 0.203 e. The van der Waals surface area contributed by atoms with Crippen LogP contribution in [0.2, 0.25) is 0 Å². The molecule has 0 aromatic carbocycles. The number of carbonyl (C=O) groups excluding carboxylic acids is 1. The number of furan rings is 1. The second-order valence-corrected chi connectivity index (χ2v) is 4.61. The van der Waals surface area contributed by atoms with Gasteiger partial charge in [-0.1, -0.05) is 6.92 Å². The first kappa shape index (κ1) is 13.5. The third-order valence-electron chi connectivity index (χ3n) is 3.19. The number of ketones is 1. The van der Waals surface area contributed by atoms with Gasteiger partial charge in [-0.15, -0.1) is 0 Å². The van der Waals surface area contributed by atoms with Crippen molar-refractivity contribution >= 4 is 5.78 Å². The van der Waals surface area contributed by atoms with Crippen LogP contribution >= 0.6 is 0 Å². The molecule has 5 nitrogen and oxygen atoms in total. The van der Waals surface area contributed by atoms with Gasteiger partial charge >= 0.3 is 0 Å². The smallest absolute Gasteiger partial charge is 0.203 e. The first-order chi connectivity index (χ1) is 9.13. The summed E-state index contributed by atoms with van der Waals surface area (Å²) < 4.78 is 7.22. The van der Waals surface area contributed by atoms with Crippen molar-refractivity contribution in [1.29, 1.82) is 0 Å². The van der Waals surface area contributed by atoms with Crippen molar-refractivity contribution in [3.05, 3.63) is 41.6 Å². The summed E-state index contributed by atoms with van der Waals surface area (Å²) in [5, 5.41) is 4.40. The zero-order valence-electron chi connectivity index (χ0n) is 11.3. The van der Waals surface area contributed by atoms with E-state index in [-0.39, 0.29) is 12.2 Å². The molecule has 0 saturated heterocycles. The molecule has 0 spiro atoms. The summed E-state index contributed by atoms with van der Waals surface area (Å²) in [5.41, 5.74) is 6.21. The Balaban J connectivity index is 2.04. The molecule has 2 heterocycles. The molecule has 1 unspecified atom stereocenters. The highest BCUT2D eigenvalue weighted by Crippen LogP contribution is 2.13.